The Kier molecular flexibility index (Phi) is 5.75. The molecule has 0 bridgehead atoms. The third-order valence-corrected chi connectivity index (χ3v) is 6.24. The molecule has 6 heteroatoms. The van der Waals surface area contributed by atoms with Gasteiger partial charge in [-0.05, 0) is 66.9 Å². The van der Waals surface area contributed by atoms with Crippen LogP contribution in [0, 0.1) is 13.8 Å². The van der Waals surface area contributed by atoms with Crippen LogP contribution >= 0.6 is 23.4 Å². The number of hydrogen-bond donors (Lipinski definition) is 0. The van der Waals surface area contributed by atoms with Crippen molar-refractivity contribution in [2.24, 2.45) is 0 Å². The summed E-state index contributed by atoms with van der Waals surface area (Å²) < 4.78 is 0. The van der Waals surface area contributed by atoms with Gasteiger partial charge in [0, 0.05) is 22.3 Å². The summed E-state index contributed by atoms with van der Waals surface area (Å²) in [4.78, 5) is 33.3. The first kappa shape index (κ1) is 20.4. The number of benzene rings is 2. The molecule has 30 heavy (non-hydrogen) atoms. The van der Waals surface area contributed by atoms with Gasteiger partial charge in [-0.25, -0.2) is 0 Å². The maximum absolute atomic E-state index is 13.4. The molecular formula is C24H19ClN2O2S. The summed E-state index contributed by atoms with van der Waals surface area (Å²) in [6.45, 7) is 4.17. The molecule has 0 spiro atoms. The number of aromatic nitrogens is 1. The fourth-order valence-corrected chi connectivity index (χ4v) is 4.55. The molecule has 1 aromatic heterocycles. The van der Waals surface area contributed by atoms with Gasteiger partial charge in [0.2, 0.25) is 0 Å². The minimum atomic E-state index is -0.285. The topological polar surface area (TPSA) is 50.3 Å². The lowest BCUT2D eigenvalue weighted by molar-refractivity contribution is -0.137. The van der Waals surface area contributed by atoms with Crippen LogP contribution in [0.2, 0.25) is 5.02 Å². The number of imide groups is 1. The van der Waals surface area contributed by atoms with Crippen LogP contribution in [0.15, 0.2) is 76.8 Å². The largest absolute Gasteiger partial charge is 0.269 e. The Hall–Kier alpha value is -2.89. The summed E-state index contributed by atoms with van der Waals surface area (Å²) in [5.74, 6) is -0.563. The molecule has 0 unspecified atom stereocenters. The molecule has 4 nitrogen and oxygen atoms in total. The van der Waals surface area contributed by atoms with E-state index in [4.69, 9.17) is 11.6 Å². The minimum Gasteiger partial charge on any atom is -0.269 e. The molecule has 150 valence electrons. The van der Waals surface area contributed by atoms with Crippen molar-refractivity contribution in [2.45, 2.75) is 25.3 Å². The van der Waals surface area contributed by atoms with E-state index in [0.29, 0.717) is 15.5 Å². The average Bonchev–Trinajstić information content (AvgIpc) is 2.95. The second kappa shape index (κ2) is 8.46. The molecule has 2 aromatic carbocycles. The maximum atomic E-state index is 13.4. The Morgan fingerprint density at radius 2 is 1.63 bits per heavy atom. The Morgan fingerprint density at radius 3 is 2.30 bits per heavy atom. The molecule has 2 amide bonds. The fraction of sp³-hybridized carbons (Fsp3) is 0.125. The van der Waals surface area contributed by atoms with Gasteiger partial charge in [0.25, 0.3) is 11.8 Å². The van der Waals surface area contributed by atoms with Gasteiger partial charge in [-0.1, -0.05) is 47.1 Å². The summed E-state index contributed by atoms with van der Waals surface area (Å²) in [6.07, 6.45) is 3.31. The highest BCUT2D eigenvalue weighted by Crippen LogP contribution is 2.41. The summed E-state index contributed by atoms with van der Waals surface area (Å²) in [5, 5.41) is 0.621. The van der Waals surface area contributed by atoms with E-state index in [-0.39, 0.29) is 18.4 Å². The van der Waals surface area contributed by atoms with E-state index >= 15 is 0 Å². The van der Waals surface area contributed by atoms with Crippen molar-refractivity contribution < 1.29 is 9.59 Å². The Morgan fingerprint density at radius 1 is 0.933 bits per heavy atom. The summed E-state index contributed by atoms with van der Waals surface area (Å²) in [5.41, 5.74) is 4.16. The number of thioether (sulfide) groups is 1. The zero-order valence-electron chi connectivity index (χ0n) is 16.6. The standard InChI is InChI=1S/C24H19ClN2O2S/c1-15-3-8-20(16(2)13-15)21-22(30-19-6-4-18(25)5-7-19)24(29)27(23(21)28)14-17-9-11-26-12-10-17/h3-13H,14H2,1-2H3. The van der Waals surface area contributed by atoms with Crippen molar-refractivity contribution >= 4 is 40.8 Å². The van der Waals surface area contributed by atoms with Crippen molar-refractivity contribution in [3.8, 4) is 0 Å². The number of aryl methyl sites for hydroxylation is 2. The average molecular weight is 435 g/mol. The molecule has 0 aliphatic carbocycles. The fourth-order valence-electron chi connectivity index (χ4n) is 3.41. The lowest BCUT2D eigenvalue weighted by Crippen LogP contribution is -2.31. The third-order valence-electron chi connectivity index (χ3n) is 4.90. The highest BCUT2D eigenvalue weighted by molar-refractivity contribution is 8.04. The molecule has 0 saturated carbocycles. The van der Waals surface area contributed by atoms with Gasteiger partial charge in [-0.2, -0.15) is 0 Å². The van der Waals surface area contributed by atoms with Gasteiger partial charge in [0.05, 0.1) is 17.0 Å². The van der Waals surface area contributed by atoms with Crippen molar-refractivity contribution in [1.29, 1.82) is 0 Å². The zero-order valence-corrected chi connectivity index (χ0v) is 18.1. The molecule has 0 saturated heterocycles. The van der Waals surface area contributed by atoms with Crippen LogP contribution in [0.4, 0.5) is 0 Å². The SMILES string of the molecule is Cc1ccc(C2=C(Sc3ccc(Cl)cc3)C(=O)N(Cc3ccncc3)C2=O)c(C)c1. The first-order chi connectivity index (χ1) is 14.4. The maximum Gasteiger partial charge on any atom is 0.268 e. The Labute approximate surface area is 184 Å². The third kappa shape index (κ3) is 4.04. The van der Waals surface area contributed by atoms with E-state index in [1.165, 1.54) is 16.7 Å². The van der Waals surface area contributed by atoms with Crippen LogP contribution in [0.3, 0.4) is 0 Å². The molecule has 0 atom stereocenters. The number of nitrogens with zero attached hydrogens (tertiary/aromatic N) is 2. The predicted molar refractivity (Wildman–Crippen MR) is 120 cm³/mol. The molecule has 1 aliphatic heterocycles. The zero-order chi connectivity index (χ0) is 21.3. The lowest BCUT2D eigenvalue weighted by atomic mass is 9.99. The predicted octanol–water partition coefficient (Wildman–Crippen LogP) is 5.42. The second-order valence-electron chi connectivity index (χ2n) is 7.13. The number of carbonyl (C=O) groups excluding carboxylic acids is 2. The Balaban J connectivity index is 1.78. The van der Waals surface area contributed by atoms with Crippen molar-refractivity contribution in [2.75, 3.05) is 0 Å². The minimum absolute atomic E-state index is 0.208. The first-order valence-electron chi connectivity index (χ1n) is 9.44. The highest BCUT2D eigenvalue weighted by atomic mass is 35.5. The van der Waals surface area contributed by atoms with Crippen LogP contribution in [-0.2, 0) is 16.1 Å². The highest BCUT2D eigenvalue weighted by Gasteiger charge is 2.39. The van der Waals surface area contributed by atoms with Crippen LogP contribution < -0.4 is 0 Å². The van der Waals surface area contributed by atoms with Gasteiger partial charge < -0.3 is 0 Å². The molecule has 2 heterocycles. The second-order valence-corrected chi connectivity index (χ2v) is 8.65. The van der Waals surface area contributed by atoms with Crippen molar-refractivity contribution in [3.63, 3.8) is 0 Å². The lowest BCUT2D eigenvalue weighted by Gasteiger charge is -2.15. The van der Waals surface area contributed by atoms with E-state index in [1.807, 2.05) is 56.3 Å². The summed E-state index contributed by atoms with van der Waals surface area (Å²) >= 11 is 7.30. The number of carbonyl (C=O) groups is 2. The van der Waals surface area contributed by atoms with Gasteiger partial charge in [0.1, 0.15) is 0 Å². The molecular weight excluding hydrogens is 416 g/mol. The smallest absolute Gasteiger partial charge is 0.268 e. The molecule has 0 fully saturated rings. The molecule has 0 N–H and O–H groups in total. The molecule has 4 rings (SSSR count). The van der Waals surface area contributed by atoms with Crippen LogP contribution in [0.5, 0.6) is 0 Å². The normalized spacial score (nSPS) is 14.0. The van der Waals surface area contributed by atoms with Gasteiger partial charge in [-0.3, -0.25) is 19.5 Å². The number of pyridine rings is 1. The molecule has 0 radical (unpaired) electrons. The van der Waals surface area contributed by atoms with E-state index in [9.17, 15) is 9.59 Å². The van der Waals surface area contributed by atoms with E-state index in [2.05, 4.69) is 4.98 Å². The number of halogens is 1. The van der Waals surface area contributed by atoms with E-state index in [0.717, 1.165) is 27.1 Å². The number of hydrogen-bond acceptors (Lipinski definition) is 4. The Bertz CT molecular complexity index is 1160. The van der Waals surface area contributed by atoms with Crippen LogP contribution in [0.25, 0.3) is 5.57 Å². The van der Waals surface area contributed by atoms with Gasteiger partial charge >= 0.3 is 0 Å². The molecule has 3 aromatic rings. The number of rotatable bonds is 5. The molecule has 1 aliphatic rings. The van der Waals surface area contributed by atoms with Crippen molar-refractivity contribution in [3.05, 3.63) is 99.2 Å². The van der Waals surface area contributed by atoms with E-state index in [1.54, 1.807) is 24.5 Å². The first-order valence-corrected chi connectivity index (χ1v) is 10.6. The number of amides is 2. The summed E-state index contributed by atoms with van der Waals surface area (Å²) in [7, 11) is 0. The van der Waals surface area contributed by atoms with Gasteiger partial charge in [-0.15, -0.1) is 0 Å². The van der Waals surface area contributed by atoms with E-state index < -0.39 is 0 Å². The van der Waals surface area contributed by atoms with Crippen LogP contribution in [0.1, 0.15) is 22.3 Å². The monoisotopic (exact) mass is 434 g/mol. The van der Waals surface area contributed by atoms with Crippen molar-refractivity contribution in [1.82, 2.24) is 9.88 Å². The van der Waals surface area contributed by atoms with Crippen LogP contribution in [-0.4, -0.2) is 21.7 Å². The van der Waals surface area contributed by atoms with Gasteiger partial charge in [0.15, 0.2) is 0 Å². The summed E-state index contributed by atoms with van der Waals surface area (Å²) in [6, 6.07) is 16.8. The quantitative estimate of drug-likeness (QED) is 0.503.